The highest BCUT2D eigenvalue weighted by molar-refractivity contribution is 7.94. The number of aromatic nitrogens is 5. The summed E-state index contributed by atoms with van der Waals surface area (Å²) < 4.78 is 58.2. The number of nitrogens with two attached hydrogens (primary N) is 1. The molecule has 0 saturated heterocycles. The second-order valence-electron chi connectivity index (χ2n) is 14.4. The Morgan fingerprint density at radius 1 is 0.885 bits per heavy atom. The van der Waals surface area contributed by atoms with Crippen molar-refractivity contribution in [1.29, 1.82) is 0 Å². The SMILES string of the molecule is Cc1cc(C)cc(-c2[nH]c3ccc(-n4nnnc4C)cc3c2CCN(CCCCc2ccc(N)c(S(C)(=O)=O)c2S(C)(=O)=O)C(=O)OC(C)(C)C)c1. The highest BCUT2D eigenvalue weighted by atomic mass is 32.2. The Balaban J connectivity index is 1.46. The molecular weight excluding hydrogens is 703 g/mol. The Hall–Kier alpha value is -4.76. The number of nitrogens with one attached hydrogen (secondary N) is 1. The van der Waals surface area contributed by atoms with E-state index in [1.165, 1.54) is 6.07 Å². The molecule has 0 saturated carbocycles. The first-order chi connectivity index (χ1) is 24.2. The third-order valence-electron chi connectivity index (χ3n) is 8.64. The molecule has 0 atom stereocenters. The van der Waals surface area contributed by atoms with Gasteiger partial charge in [-0.3, -0.25) is 0 Å². The number of fused-ring (bicyclic) bond motifs is 1. The van der Waals surface area contributed by atoms with Crippen LogP contribution in [-0.2, 0) is 37.3 Å². The number of aromatic amines is 1. The number of benzene rings is 3. The molecule has 1 amide bonds. The normalized spacial score (nSPS) is 12.4. The van der Waals surface area contributed by atoms with Crippen molar-refractivity contribution in [3.8, 4) is 16.9 Å². The molecule has 0 spiro atoms. The van der Waals surface area contributed by atoms with Gasteiger partial charge < -0.3 is 20.4 Å². The molecule has 5 aromatic rings. The van der Waals surface area contributed by atoms with E-state index >= 15 is 0 Å². The van der Waals surface area contributed by atoms with Gasteiger partial charge in [0.05, 0.1) is 16.3 Å². The molecular formula is C37H47N7O6S2. The Morgan fingerprint density at radius 3 is 2.15 bits per heavy atom. The summed E-state index contributed by atoms with van der Waals surface area (Å²) in [5.41, 5.74) is 12.5. The van der Waals surface area contributed by atoms with Crippen LogP contribution in [0, 0.1) is 20.8 Å². The van der Waals surface area contributed by atoms with Gasteiger partial charge in [-0.2, -0.15) is 4.68 Å². The number of sulfone groups is 2. The van der Waals surface area contributed by atoms with Gasteiger partial charge in [-0.25, -0.2) is 21.6 Å². The fraction of sp³-hybridized carbons (Fsp3) is 0.405. The summed E-state index contributed by atoms with van der Waals surface area (Å²) >= 11 is 0. The number of carbonyl (C=O) groups is 1. The highest BCUT2D eigenvalue weighted by Crippen LogP contribution is 2.34. The number of H-pyrrole nitrogens is 1. The number of nitrogens with zero attached hydrogens (tertiary/aromatic N) is 5. The number of anilines is 1. The van der Waals surface area contributed by atoms with E-state index < -0.39 is 31.4 Å². The Bertz CT molecular complexity index is 2340. The number of unbranched alkanes of at least 4 members (excludes halogenated alkanes) is 1. The van der Waals surface area contributed by atoms with Crippen LogP contribution in [0.5, 0.6) is 0 Å². The van der Waals surface area contributed by atoms with Crippen LogP contribution in [0.2, 0.25) is 0 Å². The molecule has 0 fully saturated rings. The van der Waals surface area contributed by atoms with Crippen LogP contribution < -0.4 is 5.73 Å². The zero-order chi connectivity index (χ0) is 38.2. The van der Waals surface area contributed by atoms with E-state index in [0.29, 0.717) is 43.7 Å². The van der Waals surface area contributed by atoms with Crippen molar-refractivity contribution < 1.29 is 26.4 Å². The van der Waals surface area contributed by atoms with Crippen molar-refractivity contribution in [3.05, 3.63) is 76.6 Å². The number of nitrogen functional groups attached to an aromatic ring is 1. The molecule has 13 nitrogen and oxygen atoms in total. The molecule has 52 heavy (non-hydrogen) atoms. The Labute approximate surface area is 305 Å². The van der Waals surface area contributed by atoms with Gasteiger partial charge in [-0.05, 0) is 131 Å². The molecule has 3 aromatic carbocycles. The summed E-state index contributed by atoms with van der Waals surface area (Å²) in [6.45, 7) is 12.1. The molecule has 278 valence electrons. The predicted octanol–water partition coefficient (Wildman–Crippen LogP) is 5.93. The van der Waals surface area contributed by atoms with Crippen molar-refractivity contribution in [3.63, 3.8) is 0 Å². The van der Waals surface area contributed by atoms with Gasteiger partial charge >= 0.3 is 6.09 Å². The summed E-state index contributed by atoms with van der Waals surface area (Å²) in [5.74, 6) is 0.650. The van der Waals surface area contributed by atoms with Crippen LogP contribution in [0.4, 0.5) is 10.5 Å². The molecule has 0 bridgehead atoms. The van der Waals surface area contributed by atoms with Crippen molar-refractivity contribution in [1.82, 2.24) is 30.1 Å². The van der Waals surface area contributed by atoms with Crippen LogP contribution in [0.25, 0.3) is 27.8 Å². The molecule has 0 radical (unpaired) electrons. The quantitative estimate of drug-likeness (QED) is 0.115. The first-order valence-corrected chi connectivity index (χ1v) is 20.8. The van der Waals surface area contributed by atoms with Gasteiger partial charge in [0.1, 0.15) is 10.5 Å². The lowest BCUT2D eigenvalue weighted by Crippen LogP contribution is -2.38. The van der Waals surface area contributed by atoms with Crippen LogP contribution in [0.1, 0.15) is 61.7 Å². The number of carbonyl (C=O) groups excluding carboxylic acids is 1. The number of tetrazole rings is 1. The fourth-order valence-electron chi connectivity index (χ4n) is 6.55. The van der Waals surface area contributed by atoms with E-state index in [-0.39, 0.29) is 21.9 Å². The molecule has 0 unspecified atom stereocenters. The minimum atomic E-state index is -3.92. The average Bonchev–Trinajstić information content (AvgIpc) is 3.61. The zero-order valence-corrected chi connectivity index (χ0v) is 32.6. The molecule has 0 aliphatic carbocycles. The van der Waals surface area contributed by atoms with Crippen molar-refractivity contribution in [2.75, 3.05) is 31.3 Å². The van der Waals surface area contributed by atoms with Gasteiger partial charge in [0.15, 0.2) is 25.5 Å². The van der Waals surface area contributed by atoms with Crippen LogP contribution in [-0.4, -0.2) is 84.2 Å². The van der Waals surface area contributed by atoms with E-state index in [4.69, 9.17) is 10.5 Å². The molecule has 0 aliphatic heterocycles. The summed E-state index contributed by atoms with van der Waals surface area (Å²) in [7, 11) is -7.84. The number of hydrogen-bond acceptors (Lipinski definition) is 10. The van der Waals surface area contributed by atoms with Crippen molar-refractivity contribution in [2.45, 2.75) is 82.6 Å². The van der Waals surface area contributed by atoms with Gasteiger partial charge in [-0.15, -0.1) is 5.10 Å². The largest absolute Gasteiger partial charge is 0.444 e. The average molecular weight is 750 g/mol. The number of amides is 1. The smallest absolute Gasteiger partial charge is 0.410 e. The minimum Gasteiger partial charge on any atom is -0.444 e. The van der Waals surface area contributed by atoms with E-state index in [9.17, 15) is 21.6 Å². The summed E-state index contributed by atoms with van der Waals surface area (Å²) in [5, 5.41) is 13.0. The maximum absolute atomic E-state index is 13.6. The van der Waals surface area contributed by atoms with Gasteiger partial charge in [0.2, 0.25) is 0 Å². The summed E-state index contributed by atoms with van der Waals surface area (Å²) in [6.07, 6.45) is 3.21. The van der Waals surface area contributed by atoms with Crippen LogP contribution >= 0.6 is 0 Å². The number of rotatable bonds is 12. The third-order valence-corrected chi connectivity index (χ3v) is 11.2. The highest BCUT2D eigenvalue weighted by Gasteiger charge is 2.28. The maximum atomic E-state index is 13.6. The third kappa shape index (κ3) is 8.81. The molecule has 2 heterocycles. The Morgan fingerprint density at radius 2 is 1.56 bits per heavy atom. The second kappa shape index (κ2) is 14.7. The van der Waals surface area contributed by atoms with Gasteiger partial charge in [-0.1, -0.05) is 23.3 Å². The fourth-order valence-corrected chi connectivity index (χ4v) is 9.53. The minimum absolute atomic E-state index is 0.111. The van der Waals surface area contributed by atoms with Gasteiger partial charge in [0.25, 0.3) is 0 Å². The first-order valence-electron chi connectivity index (χ1n) is 17.0. The lowest BCUT2D eigenvalue weighted by molar-refractivity contribution is 0.0249. The maximum Gasteiger partial charge on any atom is 0.410 e. The van der Waals surface area contributed by atoms with Gasteiger partial charge in [0, 0.05) is 42.2 Å². The number of hydrogen-bond donors (Lipinski definition) is 2. The van der Waals surface area contributed by atoms with Crippen LogP contribution in [0.15, 0.2) is 58.3 Å². The number of ether oxygens (including phenoxy) is 1. The molecule has 0 aliphatic rings. The van der Waals surface area contributed by atoms with Crippen molar-refractivity contribution in [2.24, 2.45) is 0 Å². The summed E-state index contributed by atoms with van der Waals surface area (Å²) in [6, 6.07) is 15.4. The predicted molar refractivity (Wildman–Crippen MR) is 202 cm³/mol. The number of aryl methyl sites for hydroxylation is 4. The van der Waals surface area contributed by atoms with E-state index in [1.54, 1.807) is 15.6 Å². The molecule has 5 rings (SSSR count). The van der Waals surface area contributed by atoms with E-state index in [0.717, 1.165) is 57.0 Å². The summed E-state index contributed by atoms with van der Waals surface area (Å²) in [4.78, 5) is 18.3. The Kier molecular flexibility index (Phi) is 10.9. The lowest BCUT2D eigenvalue weighted by Gasteiger charge is -2.27. The first kappa shape index (κ1) is 38.5. The van der Waals surface area contributed by atoms with Crippen LogP contribution in [0.3, 0.4) is 0 Å². The topological polar surface area (TPSA) is 183 Å². The zero-order valence-electron chi connectivity index (χ0n) is 30.9. The monoisotopic (exact) mass is 749 g/mol. The van der Waals surface area contributed by atoms with Crippen molar-refractivity contribution >= 4 is 42.4 Å². The standard InChI is InChI=1S/C37H47N7O6S2/c1-23-19-24(2)21-27(20-23)33-29(30-22-28(13-15-32(30)39-33)44-25(3)40-41-42-44)16-18-43(36(45)50-37(4,5)6)17-10-9-11-26-12-14-31(38)35(52(8,48)49)34(26)51(7,46)47/h12-15,19-22,39H,9-11,16-18,38H2,1-8H3. The molecule has 3 N–H and O–H groups in total. The van der Waals surface area contributed by atoms with E-state index in [2.05, 4.69) is 52.6 Å². The second-order valence-corrected chi connectivity index (χ2v) is 18.3. The molecule has 2 aromatic heterocycles. The molecule has 15 heteroatoms. The lowest BCUT2D eigenvalue weighted by atomic mass is 9.99. The van der Waals surface area contributed by atoms with E-state index in [1.807, 2.05) is 45.9 Å².